The predicted molar refractivity (Wildman–Crippen MR) is 153 cm³/mol. The second-order valence-electron chi connectivity index (χ2n) is 11.0. The zero-order valence-electron chi connectivity index (χ0n) is 23.7. The minimum Gasteiger partial charge on any atom is -0.488 e. The number of hydrogen-bond acceptors (Lipinski definition) is 5. The van der Waals surface area contributed by atoms with Crippen molar-refractivity contribution in [3.63, 3.8) is 0 Å². The Labute approximate surface area is 235 Å². The SMILES string of the molecule is CC1=NC(=O)N(CCCN(C)C(=O)c2ccc(OC(C)(C)C)cc2)C(c2cccc(Cl)c2)C1C(=O)OC(C)C. The van der Waals surface area contributed by atoms with Crippen molar-refractivity contribution < 1.29 is 23.9 Å². The summed E-state index contributed by atoms with van der Waals surface area (Å²) >= 11 is 6.27. The van der Waals surface area contributed by atoms with Crippen LogP contribution in [0.5, 0.6) is 5.75 Å². The maximum Gasteiger partial charge on any atom is 0.344 e. The molecule has 39 heavy (non-hydrogen) atoms. The number of carbonyl (C=O) groups is 3. The lowest BCUT2D eigenvalue weighted by atomic mass is 9.86. The number of amides is 3. The quantitative estimate of drug-likeness (QED) is 0.344. The van der Waals surface area contributed by atoms with E-state index in [9.17, 15) is 14.4 Å². The van der Waals surface area contributed by atoms with Gasteiger partial charge in [-0.05, 0) is 89.9 Å². The van der Waals surface area contributed by atoms with Gasteiger partial charge < -0.3 is 19.3 Å². The normalized spacial score (nSPS) is 17.6. The molecule has 2 aromatic carbocycles. The fourth-order valence-electron chi connectivity index (χ4n) is 4.53. The summed E-state index contributed by atoms with van der Waals surface area (Å²) < 4.78 is 11.4. The second kappa shape index (κ2) is 12.6. The van der Waals surface area contributed by atoms with E-state index in [1.54, 1.807) is 80.1 Å². The Kier molecular flexibility index (Phi) is 9.78. The van der Waals surface area contributed by atoms with Gasteiger partial charge in [0.2, 0.25) is 0 Å². The molecule has 0 bridgehead atoms. The van der Waals surface area contributed by atoms with Crippen LogP contribution >= 0.6 is 11.6 Å². The van der Waals surface area contributed by atoms with E-state index in [1.807, 2.05) is 26.8 Å². The predicted octanol–water partition coefficient (Wildman–Crippen LogP) is 6.19. The molecule has 3 rings (SSSR count). The second-order valence-corrected chi connectivity index (χ2v) is 11.4. The van der Waals surface area contributed by atoms with E-state index in [0.717, 1.165) is 5.56 Å². The lowest BCUT2D eigenvalue weighted by Crippen LogP contribution is -2.48. The van der Waals surface area contributed by atoms with Crippen molar-refractivity contribution in [2.24, 2.45) is 10.9 Å². The molecular formula is C30H38ClN3O5. The Balaban J connectivity index is 1.75. The average molecular weight is 556 g/mol. The van der Waals surface area contributed by atoms with Crippen LogP contribution in [0.25, 0.3) is 0 Å². The van der Waals surface area contributed by atoms with Crippen LogP contribution in [0.1, 0.15) is 69.9 Å². The number of urea groups is 1. The highest BCUT2D eigenvalue weighted by Crippen LogP contribution is 2.36. The molecule has 0 radical (unpaired) electrons. The molecule has 1 aliphatic heterocycles. The zero-order chi connectivity index (χ0) is 28.9. The Morgan fingerprint density at radius 3 is 2.38 bits per heavy atom. The topological polar surface area (TPSA) is 88.5 Å². The molecule has 0 N–H and O–H groups in total. The van der Waals surface area contributed by atoms with E-state index in [1.165, 1.54) is 0 Å². The minimum absolute atomic E-state index is 0.138. The number of halogens is 1. The van der Waals surface area contributed by atoms with Crippen molar-refractivity contribution in [1.82, 2.24) is 9.80 Å². The standard InChI is InChI=1S/C30H38ClN3O5/c1-19(2)38-28(36)25-20(3)32-29(37)34(26(25)22-10-8-11-23(31)18-22)17-9-16-33(7)27(35)21-12-14-24(15-13-21)39-30(4,5)6/h8,10-15,18-19,25-26H,9,16-17H2,1-7H3. The fourth-order valence-corrected chi connectivity index (χ4v) is 4.73. The van der Waals surface area contributed by atoms with Gasteiger partial charge in [-0.15, -0.1) is 0 Å². The highest BCUT2D eigenvalue weighted by molar-refractivity contribution is 6.30. The smallest absolute Gasteiger partial charge is 0.344 e. The van der Waals surface area contributed by atoms with Crippen LogP contribution < -0.4 is 4.74 Å². The molecule has 9 heteroatoms. The molecule has 210 valence electrons. The number of aliphatic imine (C=N–C) groups is 1. The fraction of sp³-hybridized carbons (Fsp3) is 0.467. The van der Waals surface area contributed by atoms with Crippen molar-refractivity contribution in [2.75, 3.05) is 20.1 Å². The number of nitrogens with zero attached hydrogens (tertiary/aromatic N) is 3. The van der Waals surface area contributed by atoms with E-state index >= 15 is 0 Å². The van der Waals surface area contributed by atoms with Crippen molar-refractivity contribution in [1.29, 1.82) is 0 Å². The van der Waals surface area contributed by atoms with Gasteiger partial charge in [-0.3, -0.25) is 9.59 Å². The van der Waals surface area contributed by atoms with Gasteiger partial charge in [0.1, 0.15) is 17.3 Å². The van der Waals surface area contributed by atoms with Crippen molar-refractivity contribution in [3.05, 3.63) is 64.7 Å². The van der Waals surface area contributed by atoms with Crippen LogP contribution in [0.2, 0.25) is 5.02 Å². The molecular weight excluding hydrogens is 518 g/mol. The third-order valence-electron chi connectivity index (χ3n) is 6.18. The van der Waals surface area contributed by atoms with Crippen molar-refractivity contribution in [3.8, 4) is 5.75 Å². The molecule has 0 saturated carbocycles. The minimum atomic E-state index is -0.767. The van der Waals surface area contributed by atoms with Crippen molar-refractivity contribution in [2.45, 2.75) is 65.7 Å². The first-order chi connectivity index (χ1) is 18.3. The molecule has 8 nitrogen and oxygen atoms in total. The van der Waals surface area contributed by atoms with Gasteiger partial charge in [0, 0.05) is 36.4 Å². The number of benzene rings is 2. The van der Waals surface area contributed by atoms with Gasteiger partial charge in [0.05, 0.1) is 12.1 Å². The summed E-state index contributed by atoms with van der Waals surface area (Å²) in [7, 11) is 1.72. The molecule has 1 aliphatic rings. The van der Waals surface area contributed by atoms with Gasteiger partial charge in [0.25, 0.3) is 5.91 Å². The molecule has 1 heterocycles. The number of esters is 1. The van der Waals surface area contributed by atoms with Crippen LogP contribution in [0.3, 0.4) is 0 Å². The summed E-state index contributed by atoms with van der Waals surface area (Å²) in [5, 5.41) is 0.500. The lowest BCUT2D eigenvalue weighted by molar-refractivity contribution is -0.151. The van der Waals surface area contributed by atoms with E-state index in [4.69, 9.17) is 21.1 Å². The summed E-state index contributed by atoms with van der Waals surface area (Å²) in [4.78, 5) is 46.6. The summed E-state index contributed by atoms with van der Waals surface area (Å²) in [5.41, 5.74) is 1.33. The summed E-state index contributed by atoms with van der Waals surface area (Å²) in [6, 6.07) is 13.1. The summed E-state index contributed by atoms with van der Waals surface area (Å²) in [6.45, 7) is 11.8. The molecule has 0 saturated heterocycles. The monoisotopic (exact) mass is 555 g/mol. The number of hydrogen-bond donors (Lipinski definition) is 0. The third kappa shape index (κ3) is 8.05. The maximum atomic E-state index is 13.1. The van der Waals surface area contributed by atoms with E-state index < -0.39 is 24.0 Å². The van der Waals surface area contributed by atoms with Gasteiger partial charge in [0.15, 0.2) is 0 Å². The first-order valence-electron chi connectivity index (χ1n) is 13.1. The summed E-state index contributed by atoms with van der Waals surface area (Å²) in [6.07, 6.45) is 0.168. The van der Waals surface area contributed by atoms with Crippen LogP contribution in [0, 0.1) is 5.92 Å². The van der Waals surface area contributed by atoms with Gasteiger partial charge in [-0.25, -0.2) is 9.79 Å². The summed E-state index contributed by atoms with van der Waals surface area (Å²) in [5.74, 6) is -0.656. The Hall–Kier alpha value is -3.39. The van der Waals surface area contributed by atoms with Crippen LogP contribution in [-0.2, 0) is 9.53 Å². The number of ether oxygens (including phenoxy) is 2. The highest BCUT2D eigenvalue weighted by Gasteiger charge is 2.43. The van der Waals surface area contributed by atoms with Gasteiger partial charge in [-0.2, -0.15) is 0 Å². The number of rotatable bonds is 9. The van der Waals surface area contributed by atoms with Gasteiger partial charge in [-0.1, -0.05) is 23.7 Å². The van der Waals surface area contributed by atoms with E-state index in [0.29, 0.717) is 35.0 Å². The average Bonchev–Trinajstić information content (AvgIpc) is 2.83. The molecule has 0 aromatic heterocycles. The maximum absolute atomic E-state index is 13.1. The molecule has 0 spiro atoms. The van der Waals surface area contributed by atoms with Crippen LogP contribution in [0.15, 0.2) is 53.5 Å². The number of carbonyl (C=O) groups excluding carboxylic acids is 3. The Bertz CT molecular complexity index is 1220. The Morgan fingerprint density at radius 2 is 1.79 bits per heavy atom. The molecule has 2 atom stereocenters. The van der Waals surface area contributed by atoms with Crippen LogP contribution in [0.4, 0.5) is 4.79 Å². The first-order valence-corrected chi connectivity index (χ1v) is 13.5. The van der Waals surface area contributed by atoms with Crippen molar-refractivity contribution >= 4 is 35.2 Å². The van der Waals surface area contributed by atoms with Gasteiger partial charge >= 0.3 is 12.0 Å². The molecule has 0 aliphatic carbocycles. The zero-order valence-corrected chi connectivity index (χ0v) is 24.5. The molecule has 3 amide bonds. The largest absolute Gasteiger partial charge is 0.488 e. The molecule has 2 aromatic rings. The highest BCUT2D eigenvalue weighted by atomic mass is 35.5. The van der Waals surface area contributed by atoms with E-state index in [-0.39, 0.29) is 24.2 Å². The van der Waals surface area contributed by atoms with Crippen LogP contribution in [-0.4, -0.2) is 65.3 Å². The third-order valence-corrected chi connectivity index (χ3v) is 6.41. The molecule has 2 unspecified atom stereocenters. The lowest BCUT2D eigenvalue weighted by Gasteiger charge is -2.39. The molecule has 0 fully saturated rings. The Morgan fingerprint density at radius 1 is 1.13 bits per heavy atom. The first kappa shape index (κ1) is 30.2. The van der Waals surface area contributed by atoms with E-state index in [2.05, 4.69) is 4.99 Å².